The van der Waals surface area contributed by atoms with Gasteiger partial charge in [-0.05, 0) is 56.1 Å². The Morgan fingerprint density at radius 1 is 1.08 bits per heavy atom. The summed E-state index contributed by atoms with van der Waals surface area (Å²) in [4.78, 5) is 26.8. The third-order valence-corrected chi connectivity index (χ3v) is 6.14. The van der Waals surface area contributed by atoms with Gasteiger partial charge in [-0.2, -0.15) is 0 Å². The topological polar surface area (TPSA) is 49.4 Å². The summed E-state index contributed by atoms with van der Waals surface area (Å²) in [5, 5.41) is 3.22. The number of hydrogen-bond acceptors (Lipinski definition) is 2. The number of benzene rings is 1. The molecule has 1 aliphatic carbocycles. The van der Waals surface area contributed by atoms with Crippen molar-refractivity contribution >= 4 is 17.5 Å². The van der Waals surface area contributed by atoms with Crippen LogP contribution >= 0.6 is 0 Å². The first-order valence-corrected chi connectivity index (χ1v) is 9.91. The van der Waals surface area contributed by atoms with E-state index in [-0.39, 0.29) is 23.8 Å². The van der Waals surface area contributed by atoms with Crippen molar-refractivity contribution in [1.82, 2.24) is 5.32 Å². The molecule has 1 aromatic rings. The average molecular weight is 357 g/mol. The maximum Gasteiger partial charge on any atom is 0.227 e. The average Bonchev–Trinajstić information content (AvgIpc) is 2.97. The van der Waals surface area contributed by atoms with Gasteiger partial charge in [0.2, 0.25) is 11.8 Å². The summed E-state index contributed by atoms with van der Waals surface area (Å²) in [6, 6.07) is 8.19. The van der Waals surface area contributed by atoms with Crippen molar-refractivity contribution in [1.29, 1.82) is 0 Å². The first kappa shape index (κ1) is 18.9. The number of nitrogens with zero attached hydrogens (tertiary/aromatic N) is 1. The summed E-state index contributed by atoms with van der Waals surface area (Å²) >= 11 is 0. The molecular formula is C22H32N2O2. The molecule has 1 aromatic carbocycles. The molecule has 0 radical (unpaired) electrons. The Kier molecular flexibility index (Phi) is 5.40. The highest BCUT2D eigenvalue weighted by atomic mass is 16.2. The predicted octanol–water partition coefficient (Wildman–Crippen LogP) is 4.07. The Balaban J connectivity index is 1.53. The lowest BCUT2D eigenvalue weighted by Gasteiger charge is -2.37. The van der Waals surface area contributed by atoms with Crippen LogP contribution in [0.1, 0.15) is 58.4 Å². The number of amides is 2. The second-order valence-corrected chi connectivity index (χ2v) is 9.16. The van der Waals surface area contributed by atoms with Gasteiger partial charge in [0.1, 0.15) is 0 Å². The third-order valence-electron chi connectivity index (χ3n) is 6.14. The summed E-state index contributed by atoms with van der Waals surface area (Å²) in [7, 11) is 0. The quantitative estimate of drug-likeness (QED) is 0.887. The fraction of sp³-hybridized carbons (Fsp3) is 0.636. The van der Waals surface area contributed by atoms with E-state index in [2.05, 4.69) is 26.1 Å². The molecule has 0 spiro atoms. The molecule has 1 heterocycles. The molecule has 26 heavy (non-hydrogen) atoms. The van der Waals surface area contributed by atoms with Gasteiger partial charge < -0.3 is 10.2 Å². The summed E-state index contributed by atoms with van der Waals surface area (Å²) in [5.41, 5.74) is 2.41. The number of aryl methyl sites for hydroxylation is 1. The molecule has 142 valence electrons. The van der Waals surface area contributed by atoms with Crippen LogP contribution in [0.4, 0.5) is 5.69 Å². The highest BCUT2D eigenvalue weighted by Crippen LogP contribution is 2.38. The van der Waals surface area contributed by atoms with Crippen molar-refractivity contribution in [2.75, 3.05) is 11.4 Å². The van der Waals surface area contributed by atoms with Crippen LogP contribution in [-0.2, 0) is 9.59 Å². The number of carbonyl (C=O) groups excluding carboxylic acids is 2. The molecule has 4 nitrogen and oxygen atoms in total. The van der Waals surface area contributed by atoms with Crippen LogP contribution in [0.3, 0.4) is 0 Å². The second kappa shape index (κ2) is 7.42. The van der Waals surface area contributed by atoms with E-state index in [0.717, 1.165) is 24.4 Å². The van der Waals surface area contributed by atoms with Gasteiger partial charge in [-0.3, -0.25) is 9.59 Å². The normalized spacial score (nSPS) is 26.8. The number of carbonyl (C=O) groups is 2. The molecule has 0 bridgehead atoms. The smallest absolute Gasteiger partial charge is 0.227 e. The van der Waals surface area contributed by atoms with Crippen LogP contribution in [0.15, 0.2) is 24.3 Å². The summed E-state index contributed by atoms with van der Waals surface area (Å²) in [6.45, 7) is 9.44. The zero-order valence-electron chi connectivity index (χ0n) is 16.5. The van der Waals surface area contributed by atoms with Crippen molar-refractivity contribution in [3.63, 3.8) is 0 Å². The third kappa shape index (κ3) is 4.28. The molecule has 2 fully saturated rings. The Hall–Kier alpha value is -1.84. The molecule has 4 heteroatoms. The van der Waals surface area contributed by atoms with Gasteiger partial charge in [-0.15, -0.1) is 0 Å². The van der Waals surface area contributed by atoms with E-state index in [4.69, 9.17) is 0 Å². The molecule has 1 saturated heterocycles. The largest absolute Gasteiger partial charge is 0.353 e. The van der Waals surface area contributed by atoms with Gasteiger partial charge >= 0.3 is 0 Å². The summed E-state index contributed by atoms with van der Waals surface area (Å²) in [5.74, 6) is 0.600. The molecule has 1 N–H and O–H groups in total. The van der Waals surface area contributed by atoms with Gasteiger partial charge in [0.05, 0.1) is 5.92 Å². The zero-order chi connectivity index (χ0) is 18.9. The zero-order valence-corrected chi connectivity index (χ0v) is 16.5. The van der Waals surface area contributed by atoms with Crippen molar-refractivity contribution in [3.8, 4) is 0 Å². The number of anilines is 1. The molecule has 0 unspecified atom stereocenters. The fourth-order valence-electron chi connectivity index (χ4n) is 4.28. The van der Waals surface area contributed by atoms with Gasteiger partial charge in [0, 0.05) is 24.7 Å². The van der Waals surface area contributed by atoms with Crippen LogP contribution in [-0.4, -0.2) is 24.4 Å². The lowest BCUT2D eigenvalue weighted by molar-refractivity contribution is -0.127. The minimum absolute atomic E-state index is 0.0467. The van der Waals surface area contributed by atoms with Gasteiger partial charge in [-0.1, -0.05) is 38.5 Å². The van der Waals surface area contributed by atoms with Crippen LogP contribution < -0.4 is 10.2 Å². The van der Waals surface area contributed by atoms with E-state index in [1.165, 1.54) is 18.4 Å². The lowest BCUT2D eigenvalue weighted by atomic mass is 9.71. The predicted molar refractivity (Wildman–Crippen MR) is 105 cm³/mol. The SMILES string of the molecule is Cc1ccc(N2C[C@H](C(=O)NC3CCC(C(C)(C)C)CC3)CC2=O)cc1. The van der Waals surface area contributed by atoms with Gasteiger partial charge in [0.15, 0.2) is 0 Å². The van der Waals surface area contributed by atoms with Crippen LogP contribution in [0.2, 0.25) is 0 Å². The fourth-order valence-corrected chi connectivity index (χ4v) is 4.28. The maximum absolute atomic E-state index is 12.7. The molecule has 3 rings (SSSR count). The van der Waals surface area contributed by atoms with Crippen molar-refractivity contribution in [2.45, 2.75) is 65.8 Å². The molecule has 2 amide bonds. The van der Waals surface area contributed by atoms with Crippen LogP contribution in [0, 0.1) is 24.2 Å². The van der Waals surface area contributed by atoms with Gasteiger partial charge in [0.25, 0.3) is 0 Å². The van der Waals surface area contributed by atoms with Crippen LogP contribution in [0.5, 0.6) is 0 Å². The van der Waals surface area contributed by atoms with Crippen molar-refractivity contribution < 1.29 is 9.59 Å². The van der Waals surface area contributed by atoms with E-state index in [1.807, 2.05) is 31.2 Å². The molecule has 1 aliphatic heterocycles. The monoisotopic (exact) mass is 356 g/mol. The number of rotatable bonds is 3. The molecule has 0 aromatic heterocycles. The van der Waals surface area contributed by atoms with E-state index < -0.39 is 0 Å². The highest BCUT2D eigenvalue weighted by molar-refractivity contribution is 6.00. The Morgan fingerprint density at radius 3 is 2.27 bits per heavy atom. The Bertz CT molecular complexity index is 652. The Labute approximate surface area is 157 Å². The number of hydrogen-bond donors (Lipinski definition) is 1. The standard InChI is InChI=1S/C22H32N2O2/c1-15-5-11-19(12-6-15)24-14-16(13-20(24)25)21(26)23-18-9-7-17(8-10-18)22(2,3)4/h5-6,11-12,16-18H,7-10,13-14H2,1-4H3,(H,23,26)/t16-,17?,18?/m1/s1. The van der Waals surface area contributed by atoms with E-state index >= 15 is 0 Å². The second-order valence-electron chi connectivity index (χ2n) is 9.16. The molecule has 1 atom stereocenters. The minimum atomic E-state index is -0.232. The highest BCUT2D eigenvalue weighted by Gasteiger charge is 2.37. The summed E-state index contributed by atoms with van der Waals surface area (Å²) < 4.78 is 0. The van der Waals surface area contributed by atoms with Gasteiger partial charge in [-0.25, -0.2) is 0 Å². The molecular weight excluding hydrogens is 324 g/mol. The maximum atomic E-state index is 12.7. The Morgan fingerprint density at radius 2 is 1.69 bits per heavy atom. The number of nitrogens with one attached hydrogen (secondary N) is 1. The van der Waals surface area contributed by atoms with E-state index in [9.17, 15) is 9.59 Å². The molecule has 1 saturated carbocycles. The van der Waals surface area contributed by atoms with E-state index in [0.29, 0.717) is 18.4 Å². The van der Waals surface area contributed by atoms with Crippen molar-refractivity contribution in [2.24, 2.45) is 17.3 Å². The molecule has 2 aliphatic rings. The van der Waals surface area contributed by atoms with E-state index in [1.54, 1.807) is 4.90 Å². The lowest BCUT2D eigenvalue weighted by Crippen LogP contribution is -2.42. The van der Waals surface area contributed by atoms with Crippen molar-refractivity contribution in [3.05, 3.63) is 29.8 Å². The first-order chi connectivity index (χ1) is 12.2. The minimum Gasteiger partial charge on any atom is -0.353 e. The first-order valence-electron chi connectivity index (χ1n) is 9.91. The summed E-state index contributed by atoms with van der Waals surface area (Å²) in [6.07, 6.45) is 4.77. The van der Waals surface area contributed by atoms with Crippen LogP contribution in [0.25, 0.3) is 0 Å².